The lowest BCUT2D eigenvalue weighted by Gasteiger charge is -2.10. The van der Waals surface area contributed by atoms with E-state index in [2.05, 4.69) is 15.5 Å². The molecule has 0 aliphatic heterocycles. The minimum Gasteiger partial charge on any atom is -0.486 e. The van der Waals surface area contributed by atoms with E-state index in [1.165, 1.54) is 23.1 Å². The Hall–Kier alpha value is -2.56. The largest absolute Gasteiger partial charge is 0.486 e. The number of carbonyl (C=O) groups excluding carboxylic acids is 2. The minimum absolute atomic E-state index is 0.119. The molecule has 0 spiro atoms. The van der Waals surface area contributed by atoms with E-state index in [1.807, 2.05) is 38.3 Å². The van der Waals surface area contributed by atoms with E-state index in [9.17, 15) is 9.59 Å². The zero-order valence-corrected chi connectivity index (χ0v) is 22.1. The van der Waals surface area contributed by atoms with Crippen molar-refractivity contribution in [1.29, 1.82) is 0 Å². The van der Waals surface area contributed by atoms with Crippen LogP contribution in [0.15, 0.2) is 23.4 Å². The van der Waals surface area contributed by atoms with Gasteiger partial charge in [0.25, 0.3) is 0 Å². The molecule has 1 amide bonds. The molecule has 0 saturated carbocycles. The molecule has 0 aliphatic rings. The number of rotatable bonds is 10. The third-order valence-corrected chi connectivity index (χ3v) is 7.57. The Morgan fingerprint density at radius 3 is 2.65 bits per heavy atom. The summed E-state index contributed by atoms with van der Waals surface area (Å²) in [7, 11) is 0. The number of halogens is 1. The van der Waals surface area contributed by atoms with Crippen LogP contribution in [-0.4, -0.2) is 39.0 Å². The third-order valence-electron chi connectivity index (χ3n) is 5.06. The molecule has 3 rings (SSSR count). The van der Waals surface area contributed by atoms with Gasteiger partial charge in [-0.3, -0.25) is 4.79 Å². The van der Waals surface area contributed by atoms with Gasteiger partial charge in [-0.25, -0.2) is 4.79 Å². The van der Waals surface area contributed by atoms with Gasteiger partial charge in [-0.05, 0) is 63.9 Å². The van der Waals surface area contributed by atoms with E-state index >= 15 is 0 Å². The third kappa shape index (κ3) is 6.11. The normalized spacial score (nSPS) is 10.9. The van der Waals surface area contributed by atoms with Crippen LogP contribution in [-0.2, 0) is 22.7 Å². The second-order valence-electron chi connectivity index (χ2n) is 7.39. The van der Waals surface area contributed by atoms with Crippen molar-refractivity contribution in [3.05, 3.63) is 50.6 Å². The van der Waals surface area contributed by atoms with Crippen molar-refractivity contribution >= 4 is 51.6 Å². The fourth-order valence-corrected chi connectivity index (χ4v) is 5.17. The molecule has 2 aromatic heterocycles. The van der Waals surface area contributed by atoms with Crippen LogP contribution in [0.3, 0.4) is 0 Å². The number of thiophene rings is 1. The van der Waals surface area contributed by atoms with Crippen LogP contribution < -0.4 is 10.1 Å². The molecule has 1 aromatic carbocycles. The SMILES string of the molecule is CCOC(=O)c1c(NC(=O)CSc2nnc(COc3ccc(Cl)c(C)c3)n2CC)sc(C)c1C. The highest BCUT2D eigenvalue weighted by molar-refractivity contribution is 7.99. The lowest BCUT2D eigenvalue weighted by molar-refractivity contribution is -0.113. The number of benzene rings is 1. The molecular weight excluding hydrogens is 496 g/mol. The van der Waals surface area contributed by atoms with E-state index in [0.29, 0.717) is 38.9 Å². The first kappa shape index (κ1) is 26.1. The van der Waals surface area contributed by atoms with Gasteiger partial charge in [0, 0.05) is 16.4 Å². The maximum atomic E-state index is 12.6. The summed E-state index contributed by atoms with van der Waals surface area (Å²) in [4.78, 5) is 25.9. The summed E-state index contributed by atoms with van der Waals surface area (Å²) in [6.45, 7) is 10.5. The van der Waals surface area contributed by atoms with Gasteiger partial charge in [-0.15, -0.1) is 21.5 Å². The second-order valence-corrected chi connectivity index (χ2v) is 9.96. The number of carbonyl (C=O) groups is 2. The minimum atomic E-state index is -0.432. The predicted octanol–water partition coefficient (Wildman–Crippen LogP) is 5.42. The fourth-order valence-electron chi connectivity index (χ4n) is 3.16. The molecule has 34 heavy (non-hydrogen) atoms. The molecule has 0 saturated heterocycles. The van der Waals surface area contributed by atoms with Crippen molar-refractivity contribution in [2.24, 2.45) is 0 Å². The van der Waals surface area contributed by atoms with Crippen LogP contribution in [0.25, 0.3) is 0 Å². The summed E-state index contributed by atoms with van der Waals surface area (Å²) >= 11 is 8.70. The Labute approximate surface area is 212 Å². The first-order valence-electron chi connectivity index (χ1n) is 10.8. The molecular formula is C23H27ClN4O4S2. The lowest BCUT2D eigenvalue weighted by Crippen LogP contribution is -2.17. The van der Waals surface area contributed by atoms with Crippen molar-refractivity contribution in [1.82, 2.24) is 14.8 Å². The van der Waals surface area contributed by atoms with Crippen LogP contribution in [0, 0.1) is 20.8 Å². The van der Waals surface area contributed by atoms with Gasteiger partial charge in [0.2, 0.25) is 5.91 Å². The Morgan fingerprint density at radius 2 is 1.97 bits per heavy atom. The number of amides is 1. The molecule has 8 nitrogen and oxygen atoms in total. The zero-order chi connectivity index (χ0) is 24.8. The average Bonchev–Trinajstić information content (AvgIpc) is 3.32. The lowest BCUT2D eigenvalue weighted by atomic mass is 10.1. The fraction of sp³-hybridized carbons (Fsp3) is 0.391. The highest BCUT2D eigenvalue weighted by atomic mass is 35.5. The van der Waals surface area contributed by atoms with Crippen LogP contribution in [0.4, 0.5) is 5.00 Å². The molecule has 2 heterocycles. The van der Waals surface area contributed by atoms with E-state index < -0.39 is 5.97 Å². The second kappa shape index (κ2) is 11.7. The quantitative estimate of drug-likeness (QED) is 0.280. The summed E-state index contributed by atoms with van der Waals surface area (Å²) in [5, 5.41) is 13.1. The highest BCUT2D eigenvalue weighted by Crippen LogP contribution is 2.33. The number of hydrogen-bond donors (Lipinski definition) is 1. The van der Waals surface area contributed by atoms with Crippen molar-refractivity contribution in [3.63, 3.8) is 0 Å². The van der Waals surface area contributed by atoms with Crippen molar-refractivity contribution in [2.75, 3.05) is 17.7 Å². The Bertz CT molecular complexity index is 1190. The first-order valence-corrected chi connectivity index (χ1v) is 12.9. The molecule has 0 aliphatic carbocycles. The summed E-state index contributed by atoms with van der Waals surface area (Å²) in [6, 6.07) is 5.47. The standard InChI is InChI=1S/C23H27ClN4O4S2/c1-6-28-18(11-32-16-8-9-17(24)13(3)10-16)26-27-23(28)33-12-19(29)25-21-20(22(30)31-7-2)14(4)15(5)34-21/h8-10H,6-7,11-12H2,1-5H3,(H,25,29). The molecule has 0 unspecified atom stereocenters. The molecule has 11 heteroatoms. The number of hydrogen-bond acceptors (Lipinski definition) is 8. The number of thioether (sulfide) groups is 1. The molecule has 0 fully saturated rings. The number of esters is 1. The molecule has 0 bridgehead atoms. The van der Waals surface area contributed by atoms with E-state index in [4.69, 9.17) is 21.1 Å². The molecule has 182 valence electrons. The maximum Gasteiger partial charge on any atom is 0.341 e. The smallest absolute Gasteiger partial charge is 0.341 e. The van der Waals surface area contributed by atoms with Crippen molar-refractivity contribution in [3.8, 4) is 5.75 Å². The number of nitrogens with one attached hydrogen (secondary N) is 1. The number of anilines is 1. The number of nitrogens with zero attached hydrogens (tertiary/aromatic N) is 3. The van der Waals surface area contributed by atoms with Gasteiger partial charge in [-0.1, -0.05) is 23.4 Å². The number of aryl methyl sites for hydroxylation is 2. The van der Waals surface area contributed by atoms with Gasteiger partial charge in [0.1, 0.15) is 17.4 Å². The van der Waals surface area contributed by atoms with Gasteiger partial charge >= 0.3 is 5.97 Å². The topological polar surface area (TPSA) is 95.3 Å². The predicted molar refractivity (Wildman–Crippen MR) is 135 cm³/mol. The van der Waals surface area contributed by atoms with E-state index in [1.54, 1.807) is 19.1 Å². The van der Waals surface area contributed by atoms with Gasteiger partial charge in [0.15, 0.2) is 11.0 Å². The summed E-state index contributed by atoms with van der Waals surface area (Å²) in [5.74, 6) is 0.802. The highest BCUT2D eigenvalue weighted by Gasteiger charge is 2.22. The Kier molecular flexibility index (Phi) is 8.98. The van der Waals surface area contributed by atoms with Crippen LogP contribution in [0.5, 0.6) is 5.75 Å². The van der Waals surface area contributed by atoms with Crippen LogP contribution >= 0.6 is 34.7 Å². The van der Waals surface area contributed by atoms with E-state index in [0.717, 1.165) is 16.0 Å². The maximum absolute atomic E-state index is 12.6. The molecule has 0 atom stereocenters. The molecule has 3 aromatic rings. The van der Waals surface area contributed by atoms with Gasteiger partial charge < -0.3 is 19.4 Å². The van der Waals surface area contributed by atoms with Gasteiger partial charge in [0.05, 0.1) is 17.9 Å². The van der Waals surface area contributed by atoms with E-state index in [-0.39, 0.29) is 24.9 Å². The van der Waals surface area contributed by atoms with Crippen molar-refractivity contribution in [2.45, 2.75) is 52.9 Å². The molecule has 1 N–H and O–H groups in total. The summed E-state index contributed by atoms with van der Waals surface area (Å²) < 4.78 is 12.9. The Morgan fingerprint density at radius 1 is 1.21 bits per heavy atom. The number of ether oxygens (including phenoxy) is 2. The zero-order valence-electron chi connectivity index (χ0n) is 19.7. The molecule has 0 radical (unpaired) electrons. The first-order chi connectivity index (χ1) is 16.2. The summed E-state index contributed by atoms with van der Waals surface area (Å²) in [5.41, 5.74) is 2.16. The van der Waals surface area contributed by atoms with Gasteiger partial charge in [-0.2, -0.15) is 0 Å². The van der Waals surface area contributed by atoms with Crippen LogP contribution in [0.2, 0.25) is 5.02 Å². The van der Waals surface area contributed by atoms with Crippen LogP contribution in [0.1, 0.15) is 46.0 Å². The number of aromatic nitrogens is 3. The Balaban J connectivity index is 1.63. The van der Waals surface area contributed by atoms with Crippen molar-refractivity contribution < 1.29 is 19.1 Å². The monoisotopic (exact) mass is 522 g/mol. The average molecular weight is 523 g/mol. The summed E-state index contributed by atoms with van der Waals surface area (Å²) in [6.07, 6.45) is 0.